The van der Waals surface area contributed by atoms with Crippen LogP contribution in [-0.2, 0) is 14.8 Å². The lowest BCUT2D eigenvalue weighted by atomic mass is 10.1. The van der Waals surface area contributed by atoms with Crippen LogP contribution in [0.4, 0.5) is 0 Å². The molecule has 1 rings (SSSR count). The summed E-state index contributed by atoms with van der Waals surface area (Å²) >= 11 is 0. The molecule has 7 heteroatoms. The number of hydrogen-bond acceptors (Lipinski definition) is 4. The van der Waals surface area contributed by atoms with Crippen LogP contribution in [0.15, 0.2) is 0 Å². The van der Waals surface area contributed by atoms with Crippen molar-refractivity contribution >= 4 is 22.4 Å². The molecular weight excluding hydrogens is 264 g/mol. The number of nitrogens with two attached hydrogens (primary N) is 1. The number of sulfonamides is 1. The van der Waals surface area contributed by atoms with Gasteiger partial charge in [0.2, 0.25) is 10.0 Å². The predicted molar refractivity (Wildman–Crippen MR) is 70.9 cm³/mol. The van der Waals surface area contributed by atoms with E-state index in [2.05, 4.69) is 0 Å². The molecule has 1 aliphatic heterocycles. The Morgan fingerprint density at radius 2 is 2.12 bits per heavy atom. The van der Waals surface area contributed by atoms with Crippen molar-refractivity contribution < 1.29 is 13.2 Å². The van der Waals surface area contributed by atoms with Crippen molar-refractivity contribution in [3.8, 4) is 0 Å². The Morgan fingerprint density at radius 3 is 2.59 bits per heavy atom. The zero-order valence-corrected chi connectivity index (χ0v) is 12.1. The fourth-order valence-electron chi connectivity index (χ4n) is 1.76. The van der Waals surface area contributed by atoms with E-state index in [9.17, 15) is 8.42 Å². The Morgan fingerprint density at radius 1 is 1.47 bits per heavy atom. The SMILES string of the molecule is CC(C)OCCS(=O)(=O)N1CCC(CN)C1.Cl. The highest BCUT2D eigenvalue weighted by Gasteiger charge is 2.30. The molecule has 2 N–H and O–H groups in total. The Labute approximate surface area is 110 Å². The smallest absolute Gasteiger partial charge is 0.216 e. The molecule has 0 aromatic rings. The third-order valence-corrected chi connectivity index (χ3v) is 4.57. The summed E-state index contributed by atoms with van der Waals surface area (Å²) in [4.78, 5) is 0. The molecule has 0 aromatic heterocycles. The van der Waals surface area contributed by atoms with Crippen molar-refractivity contribution in [1.29, 1.82) is 0 Å². The molecule has 104 valence electrons. The first-order valence-electron chi connectivity index (χ1n) is 5.75. The molecule has 1 aliphatic rings. The number of hydrogen-bond donors (Lipinski definition) is 1. The van der Waals surface area contributed by atoms with Gasteiger partial charge in [0.05, 0.1) is 18.5 Å². The van der Waals surface area contributed by atoms with Crippen LogP contribution in [0, 0.1) is 5.92 Å². The standard InChI is InChI=1S/C10H22N2O3S.ClH/c1-9(2)15-5-6-16(13,14)12-4-3-10(7-11)8-12;/h9-10H,3-8,11H2,1-2H3;1H. The maximum Gasteiger partial charge on any atom is 0.216 e. The Kier molecular flexibility index (Phi) is 7.58. The van der Waals surface area contributed by atoms with Crippen molar-refractivity contribution in [3.63, 3.8) is 0 Å². The molecule has 1 atom stereocenters. The monoisotopic (exact) mass is 286 g/mol. The molecule has 0 saturated carbocycles. The van der Waals surface area contributed by atoms with Crippen LogP contribution in [0.25, 0.3) is 0 Å². The van der Waals surface area contributed by atoms with E-state index >= 15 is 0 Å². The molecule has 1 unspecified atom stereocenters. The van der Waals surface area contributed by atoms with Gasteiger partial charge >= 0.3 is 0 Å². The van der Waals surface area contributed by atoms with Gasteiger partial charge in [-0.05, 0) is 32.7 Å². The second-order valence-electron chi connectivity index (χ2n) is 4.48. The van der Waals surface area contributed by atoms with E-state index in [1.54, 1.807) is 0 Å². The van der Waals surface area contributed by atoms with Gasteiger partial charge in [-0.2, -0.15) is 0 Å². The average molecular weight is 287 g/mol. The minimum atomic E-state index is -3.15. The second kappa shape index (κ2) is 7.53. The van der Waals surface area contributed by atoms with Gasteiger partial charge in [0, 0.05) is 13.1 Å². The van der Waals surface area contributed by atoms with Gasteiger partial charge in [0.1, 0.15) is 0 Å². The topological polar surface area (TPSA) is 72.6 Å². The van der Waals surface area contributed by atoms with Crippen LogP contribution in [-0.4, -0.2) is 50.8 Å². The lowest BCUT2D eigenvalue weighted by molar-refractivity contribution is 0.0907. The molecule has 0 spiro atoms. The summed E-state index contributed by atoms with van der Waals surface area (Å²) in [7, 11) is -3.15. The maximum atomic E-state index is 11.9. The Balaban J connectivity index is 0.00000256. The Hall–Kier alpha value is 0.120. The second-order valence-corrected chi connectivity index (χ2v) is 6.57. The van der Waals surface area contributed by atoms with Crippen molar-refractivity contribution in [2.45, 2.75) is 26.4 Å². The summed E-state index contributed by atoms with van der Waals surface area (Å²) < 4.78 is 30.6. The molecule has 0 aromatic carbocycles. The van der Waals surface area contributed by atoms with E-state index in [1.807, 2.05) is 13.8 Å². The highest BCUT2D eigenvalue weighted by molar-refractivity contribution is 7.89. The normalized spacial score (nSPS) is 21.8. The molecule has 0 radical (unpaired) electrons. The first-order valence-corrected chi connectivity index (χ1v) is 7.36. The number of rotatable bonds is 6. The number of nitrogens with zero attached hydrogens (tertiary/aromatic N) is 1. The summed E-state index contributed by atoms with van der Waals surface area (Å²) in [6.45, 7) is 5.80. The van der Waals surface area contributed by atoms with E-state index in [0.29, 0.717) is 25.6 Å². The largest absolute Gasteiger partial charge is 0.378 e. The van der Waals surface area contributed by atoms with Gasteiger partial charge in [-0.3, -0.25) is 0 Å². The van der Waals surface area contributed by atoms with Crippen LogP contribution in [0.2, 0.25) is 0 Å². The highest BCUT2D eigenvalue weighted by Crippen LogP contribution is 2.18. The molecular formula is C10H23ClN2O3S. The number of ether oxygens (including phenoxy) is 1. The summed E-state index contributed by atoms with van der Waals surface area (Å²) in [6, 6.07) is 0. The van der Waals surface area contributed by atoms with E-state index in [-0.39, 0.29) is 30.9 Å². The molecule has 5 nitrogen and oxygen atoms in total. The van der Waals surface area contributed by atoms with Crippen molar-refractivity contribution in [2.75, 3.05) is 32.0 Å². The average Bonchev–Trinajstić information content (AvgIpc) is 2.65. The summed E-state index contributed by atoms with van der Waals surface area (Å²) in [5, 5.41) is 0. The molecule has 1 fully saturated rings. The third kappa shape index (κ3) is 5.52. The van der Waals surface area contributed by atoms with Crippen molar-refractivity contribution in [3.05, 3.63) is 0 Å². The molecule has 0 amide bonds. The lowest BCUT2D eigenvalue weighted by Crippen LogP contribution is -2.33. The molecule has 17 heavy (non-hydrogen) atoms. The molecule has 1 saturated heterocycles. The van der Waals surface area contributed by atoms with E-state index in [0.717, 1.165) is 6.42 Å². The minimum absolute atomic E-state index is 0. The summed E-state index contributed by atoms with van der Waals surface area (Å²) in [5.74, 6) is 0.392. The third-order valence-electron chi connectivity index (χ3n) is 2.77. The quantitative estimate of drug-likeness (QED) is 0.769. The van der Waals surface area contributed by atoms with Gasteiger partial charge in [0.15, 0.2) is 0 Å². The van der Waals surface area contributed by atoms with Gasteiger partial charge < -0.3 is 10.5 Å². The molecule has 0 bridgehead atoms. The predicted octanol–water partition coefficient (Wildman–Crippen LogP) is 0.444. The van der Waals surface area contributed by atoms with Crippen molar-refractivity contribution in [2.24, 2.45) is 11.7 Å². The summed E-state index contributed by atoms with van der Waals surface area (Å²) in [6.07, 6.45) is 0.950. The molecule has 0 aliphatic carbocycles. The first kappa shape index (κ1) is 17.1. The first-order chi connectivity index (χ1) is 7.45. The van der Waals surface area contributed by atoms with Gasteiger partial charge in [-0.1, -0.05) is 0 Å². The fraction of sp³-hybridized carbons (Fsp3) is 1.00. The number of halogens is 1. The zero-order valence-electron chi connectivity index (χ0n) is 10.5. The highest BCUT2D eigenvalue weighted by atomic mass is 35.5. The summed E-state index contributed by atoms with van der Waals surface area (Å²) in [5.41, 5.74) is 5.53. The van der Waals surface area contributed by atoms with E-state index < -0.39 is 10.0 Å². The fourth-order valence-corrected chi connectivity index (χ4v) is 3.15. The molecule has 1 heterocycles. The van der Waals surface area contributed by atoms with Gasteiger partial charge in [-0.15, -0.1) is 12.4 Å². The van der Waals surface area contributed by atoms with Crippen LogP contribution in [0.3, 0.4) is 0 Å². The van der Waals surface area contributed by atoms with E-state index in [1.165, 1.54) is 4.31 Å². The van der Waals surface area contributed by atoms with Crippen LogP contribution >= 0.6 is 12.4 Å². The van der Waals surface area contributed by atoms with Crippen LogP contribution in [0.5, 0.6) is 0 Å². The van der Waals surface area contributed by atoms with Crippen LogP contribution in [0.1, 0.15) is 20.3 Å². The van der Waals surface area contributed by atoms with Crippen LogP contribution < -0.4 is 5.73 Å². The van der Waals surface area contributed by atoms with Crippen molar-refractivity contribution in [1.82, 2.24) is 4.31 Å². The Bertz CT molecular complexity index is 309. The lowest BCUT2D eigenvalue weighted by Gasteiger charge is -2.16. The minimum Gasteiger partial charge on any atom is -0.378 e. The zero-order chi connectivity index (χ0) is 12.2. The van der Waals surface area contributed by atoms with Gasteiger partial charge in [-0.25, -0.2) is 12.7 Å². The maximum absolute atomic E-state index is 11.9. The van der Waals surface area contributed by atoms with Gasteiger partial charge in [0.25, 0.3) is 0 Å². The van der Waals surface area contributed by atoms with E-state index in [4.69, 9.17) is 10.5 Å².